The molecule has 0 heterocycles. The number of aromatic carboxylic acids is 1. The van der Waals surface area contributed by atoms with E-state index in [1.807, 2.05) is 24.3 Å². The van der Waals surface area contributed by atoms with Crippen LogP contribution in [0.1, 0.15) is 15.9 Å². The van der Waals surface area contributed by atoms with Gasteiger partial charge >= 0.3 is 12.0 Å². The van der Waals surface area contributed by atoms with E-state index in [9.17, 15) is 9.59 Å². The maximum atomic E-state index is 12.2. The number of ether oxygens (including phenoxy) is 1. The molecule has 0 aliphatic heterocycles. The number of carbonyl (C=O) groups excluding carboxylic acids is 1. The predicted octanol–water partition coefficient (Wildman–Crippen LogP) is 5.69. The zero-order valence-corrected chi connectivity index (χ0v) is 17.4. The summed E-state index contributed by atoms with van der Waals surface area (Å²) in [6.07, 6.45) is 0. The number of benzene rings is 3. The summed E-state index contributed by atoms with van der Waals surface area (Å²) in [7, 11) is 1.57. The van der Waals surface area contributed by atoms with Gasteiger partial charge in [0.05, 0.1) is 22.7 Å². The lowest BCUT2D eigenvalue weighted by Gasteiger charge is -2.14. The maximum Gasteiger partial charge on any atom is 0.335 e. The van der Waals surface area contributed by atoms with E-state index < -0.39 is 12.0 Å². The summed E-state index contributed by atoms with van der Waals surface area (Å²) in [6, 6.07) is 16.4. The van der Waals surface area contributed by atoms with Crippen molar-refractivity contribution in [3.63, 3.8) is 0 Å². The van der Waals surface area contributed by atoms with E-state index in [1.54, 1.807) is 31.4 Å². The molecule has 0 saturated carbocycles. The molecule has 0 aliphatic rings. The van der Waals surface area contributed by atoms with Crippen molar-refractivity contribution in [1.82, 2.24) is 5.32 Å². The third-order valence-electron chi connectivity index (χ3n) is 4.33. The molecule has 154 valence electrons. The van der Waals surface area contributed by atoms with Gasteiger partial charge in [0, 0.05) is 23.4 Å². The minimum Gasteiger partial charge on any atom is -0.496 e. The standard InChI is InChI=1S/C22H18Cl2N2O4/c1-30-19-5-3-2-4-16(19)20-17(23)10-15(11-18(20)24)26-22(29)25-12-13-6-8-14(9-7-13)21(27)28/h2-11H,12H2,1H3,(H,27,28)(H2,25,26,29). The molecule has 0 saturated heterocycles. The molecule has 0 radical (unpaired) electrons. The normalized spacial score (nSPS) is 10.4. The quantitative estimate of drug-likeness (QED) is 0.455. The number of para-hydroxylation sites is 1. The molecule has 3 N–H and O–H groups in total. The van der Waals surface area contributed by atoms with Crippen LogP contribution in [0.25, 0.3) is 11.1 Å². The Labute approximate surface area is 183 Å². The first-order valence-electron chi connectivity index (χ1n) is 8.88. The summed E-state index contributed by atoms with van der Waals surface area (Å²) in [5, 5.41) is 15.0. The van der Waals surface area contributed by atoms with Crippen molar-refractivity contribution in [3.05, 3.63) is 81.8 Å². The molecular weight excluding hydrogens is 427 g/mol. The molecule has 30 heavy (non-hydrogen) atoms. The van der Waals surface area contributed by atoms with Gasteiger partial charge in [-0.3, -0.25) is 0 Å². The average molecular weight is 445 g/mol. The first-order valence-corrected chi connectivity index (χ1v) is 9.64. The predicted molar refractivity (Wildman–Crippen MR) is 118 cm³/mol. The van der Waals surface area contributed by atoms with Gasteiger partial charge in [0.1, 0.15) is 5.75 Å². The minimum atomic E-state index is -1.00. The number of rotatable bonds is 6. The number of hydrogen-bond acceptors (Lipinski definition) is 3. The molecule has 0 aliphatic carbocycles. The minimum absolute atomic E-state index is 0.183. The molecule has 0 fully saturated rings. The van der Waals surface area contributed by atoms with Crippen molar-refractivity contribution in [2.75, 3.05) is 12.4 Å². The van der Waals surface area contributed by atoms with E-state index in [4.69, 9.17) is 33.0 Å². The van der Waals surface area contributed by atoms with E-state index in [-0.39, 0.29) is 12.1 Å². The zero-order chi connectivity index (χ0) is 21.7. The molecule has 0 atom stereocenters. The molecule has 3 rings (SSSR count). The SMILES string of the molecule is COc1ccccc1-c1c(Cl)cc(NC(=O)NCc2ccc(C(=O)O)cc2)cc1Cl. The second-order valence-corrected chi connectivity index (χ2v) is 7.14. The van der Waals surface area contributed by atoms with Gasteiger partial charge < -0.3 is 20.5 Å². The van der Waals surface area contributed by atoms with Crippen molar-refractivity contribution >= 4 is 40.9 Å². The number of nitrogens with one attached hydrogen (secondary N) is 2. The van der Waals surface area contributed by atoms with Crippen LogP contribution < -0.4 is 15.4 Å². The number of anilines is 1. The van der Waals surface area contributed by atoms with E-state index >= 15 is 0 Å². The summed E-state index contributed by atoms with van der Waals surface area (Å²) in [5.74, 6) is -0.369. The maximum absolute atomic E-state index is 12.2. The summed E-state index contributed by atoms with van der Waals surface area (Å²) in [5.41, 5.74) is 2.74. The van der Waals surface area contributed by atoms with E-state index in [0.29, 0.717) is 27.0 Å². The molecule has 0 unspecified atom stereocenters. The van der Waals surface area contributed by atoms with Crippen LogP contribution in [0.5, 0.6) is 5.75 Å². The largest absolute Gasteiger partial charge is 0.496 e. The van der Waals surface area contributed by atoms with Crippen LogP contribution in [-0.2, 0) is 6.54 Å². The highest BCUT2D eigenvalue weighted by molar-refractivity contribution is 6.40. The Morgan fingerprint density at radius 1 is 1.00 bits per heavy atom. The van der Waals surface area contributed by atoms with Gasteiger partial charge in [-0.1, -0.05) is 53.5 Å². The molecule has 2 amide bonds. The third-order valence-corrected chi connectivity index (χ3v) is 4.93. The van der Waals surface area contributed by atoms with Crippen LogP contribution in [0.15, 0.2) is 60.7 Å². The second kappa shape index (κ2) is 9.52. The van der Waals surface area contributed by atoms with Crippen LogP contribution in [0, 0.1) is 0 Å². The van der Waals surface area contributed by atoms with E-state index in [0.717, 1.165) is 11.1 Å². The summed E-state index contributed by atoms with van der Waals surface area (Å²) >= 11 is 12.9. The number of amides is 2. The molecule has 6 nitrogen and oxygen atoms in total. The van der Waals surface area contributed by atoms with Gasteiger partial charge in [0.15, 0.2) is 0 Å². The fraction of sp³-hybridized carbons (Fsp3) is 0.0909. The number of halogens is 2. The molecule has 0 bridgehead atoms. The highest BCUT2D eigenvalue weighted by Crippen LogP contribution is 2.41. The summed E-state index contributed by atoms with van der Waals surface area (Å²) in [4.78, 5) is 23.1. The first-order chi connectivity index (χ1) is 14.4. The molecule has 0 spiro atoms. The van der Waals surface area contributed by atoms with Crippen LogP contribution in [0.3, 0.4) is 0 Å². The first kappa shape index (κ1) is 21.5. The third kappa shape index (κ3) is 5.03. The lowest BCUT2D eigenvalue weighted by Crippen LogP contribution is -2.28. The topological polar surface area (TPSA) is 87.7 Å². The van der Waals surface area contributed by atoms with Crippen LogP contribution in [0.2, 0.25) is 10.0 Å². The van der Waals surface area contributed by atoms with Gasteiger partial charge in [0.25, 0.3) is 0 Å². The monoisotopic (exact) mass is 444 g/mol. The molecule has 0 aromatic heterocycles. The molecule has 3 aromatic rings. The number of carboxylic acid groups (broad SMARTS) is 1. The number of carbonyl (C=O) groups is 2. The van der Waals surface area contributed by atoms with Gasteiger partial charge in [-0.25, -0.2) is 9.59 Å². The van der Waals surface area contributed by atoms with Gasteiger partial charge in [-0.2, -0.15) is 0 Å². The number of methoxy groups -OCH3 is 1. The highest BCUT2D eigenvalue weighted by atomic mass is 35.5. The van der Waals surface area contributed by atoms with Crippen molar-refractivity contribution in [1.29, 1.82) is 0 Å². The fourth-order valence-corrected chi connectivity index (χ4v) is 3.57. The van der Waals surface area contributed by atoms with Crippen molar-refractivity contribution < 1.29 is 19.4 Å². The Morgan fingerprint density at radius 3 is 2.23 bits per heavy atom. The zero-order valence-electron chi connectivity index (χ0n) is 15.9. The smallest absolute Gasteiger partial charge is 0.335 e. The lowest BCUT2D eigenvalue weighted by atomic mass is 10.0. The Hall–Kier alpha value is -3.22. The van der Waals surface area contributed by atoms with Crippen LogP contribution in [-0.4, -0.2) is 24.2 Å². The summed E-state index contributed by atoms with van der Waals surface area (Å²) in [6.45, 7) is 0.229. The Bertz CT molecular complexity index is 1060. The van der Waals surface area contributed by atoms with Crippen molar-refractivity contribution in [2.24, 2.45) is 0 Å². The number of urea groups is 1. The van der Waals surface area contributed by atoms with Gasteiger partial charge in [0.2, 0.25) is 0 Å². The molecule has 8 heteroatoms. The van der Waals surface area contributed by atoms with Crippen LogP contribution >= 0.6 is 23.2 Å². The Balaban J connectivity index is 1.69. The highest BCUT2D eigenvalue weighted by Gasteiger charge is 2.15. The van der Waals surface area contributed by atoms with E-state index in [1.165, 1.54) is 12.1 Å². The number of hydrogen-bond donors (Lipinski definition) is 3. The van der Waals surface area contributed by atoms with E-state index in [2.05, 4.69) is 10.6 Å². The average Bonchev–Trinajstić information content (AvgIpc) is 2.72. The summed E-state index contributed by atoms with van der Waals surface area (Å²) < 4.78 is 5.37. The number of carboxylic acids is 1. The van der Waals surface area contributed by atoms with Crippen LogP contribution in [0.4, 0.5) is 10.5 Å². The van der Waals surface area contributed by atoms with Gasteiger partial charge in [-0.15, -0.1) is 0 Å². The molecule has 3 aromatic carbocycles. The second-order valence-electron chi connectivity index (χ2n) is 6.32. The Kier molecular flexibility index (Phi) is 6.82. The molecular formula is C22H18Cl2N2O4. The van der Waals surface area contributed by atoms with Crippen molar-refractivity contribution in [3.8, 4) is 16.9 Å². The fourth-order valence-electron chi connectivity index (χ4n) is 2.88. The Morgan fingerprint density at radius 2 is 1.63 bits per heavy atom. The van der Waals surface area contributed by atoms with Gasteiger partial charge in [-0.05, 0) is 35.9 Å². The van der Waals surface area contributed by atoms with Crippen molar-refractivity contribution in [2.45, 2.75) is 6.54 Å². The lowest BCUT2D eigenvalue weighted by molar-refractivity contribution is 0.0697.